The van der Waals surface area contributed by atoms with Gasteiger partial charge in [0, 0.05) is 18.7 Å². The number of aliphatic carboxylic acids is 1. The summed E-state index contributed by atoms with van der Waals surface area (Å²) < 4.78 is 4.85. The van der Waals surface area contributed by atoms with E-state index >= 15 is 0 Å². The Morgan fingerprint density at radius 2 is 2.32 bits per heavy atom. The Morgan fingerprint density at radius 1 is 1.58 bits per heavy atom. The molecule has 1 aliphatic rings. The van der Waals surface area contributed by atoms with Gasteiger partial charge in [0.2, 0.25) is 5.91 Å². The quantitative estimate of drug-likeness (QED) is 0.760. The Hall–Kier alpha value is -1.89. The number of carbonyl (C=O) groups is 2. The summed E-state index contributed by atoms with van der Waals surface area (Å²) in [4.78, 5) is 24.3. The van der Waals surface area contributed by atoms with Crippen molar-refractivity contribution in [2.45, 2.75) is 32.2 Å². The van der Waals surface area contributed by atoms with E-state index < -0.39 is 5.97 Å². The molecule has 0 aliphatic heterocycles. The summed E-state index contributed by atoms with van der Waals surface area (Å²) in [5.74, 6) is -0.0412. The Bertz CT molecular complexity index is 467. The molecule has 19 heavy (non-hydrogen) atoms. The minimum atomic E-state index is -0.849. The highest BCUT2D eigenvalue weighted by Crippen LogP contribution is 2.26. The number of amides is 1. The van der Waals surface area contributed by atoms with Gasteiger partial charge in [-0.05, 0) is 19.8 Å². The third kappa shape index (κ3) is 4.36. The highest BCUT2D eigenvalue weighted by atomic mass is 16.5. The van der Waals surface area contributed by atoms with Gasteiger partial charge in [0.1, 0.15) is 5.76 Å². The van der Waals surface area contributed by atoms with Crippen LogP contribution in [0, 0.1) is 6.92 Å². The molecule has 0 aromatic carbocycles. The molecule has 0 radical (unpaired) electrons. The van der Waals surface area contributed by atoms with Crippen LogP contribution >= 0.6 is 0 Å². The highest BCUT2D eigenvalue weighted by Gasteiger charge is 2.30. The molecule has 1 fully saturated rings. The molecule has 1 amide bonds. The Morgan fingerprint density at radius 3 is 2.84 bits per heavy atom. The molecule has 7 heteroatoms. The monoisotopic (exact) mass is 267 g/mol. The molecular formula is C12H17N3O4. The molecule has 7 nitrogen and oxygen atoms in total. The van der Waals surface area contributed by atoms with E-state index in [2.05, 4.69) is 10.5 Å². The fourth-order valence-electron chi connectivity index (χ4n) is 1.86. The van der Waals surface area contributed by atoms with Gasteiger partial charge in [-0.15, -0.1) is 0 Å². The summed E-state index contributed by atoms with van der Waals surface area (Å²) in [6.45, 7) is 2.32. The molecular weight excluding hydrogens is 250 g/mol. The van der Waals surface area contributed by atoms with Crippen LogP contribution in [-0.2, 0) is 9.59 Å². The van der Waals surface area contributed by atoms with E-state index in [1.807, 2.05) is 4.90 Å². The van der Waals surface area contributed by atoms with Crippen molar-refractivity contribution in [3.8, 4) is 0 Å². The Labute approximate surface area is 110 Å². The van der Waals surface area contributed by atoms with Gasteiger partial charge in [-0.1, -0.05) is 5.16 Å². The van der Waals surface area contributed by atoms with Crippen LogP contribution in [0.15, 0.2) is 10.6 Å². The first-order chi connectivity index (χ1) is 9.04. The second-order valence-corrected chi connectivity index (χ2v) is 4.72. The van der Waals surface area contributed by atoms with Crippen LogP contribution in [0.5, 0.6) is 0 Å². The molecule has 0 bridgehead atoms. The number of carboxylic acid groups (broad SMARTS) is 1. The summed E-state index contributed by atoms with van der Waals surface area (Å²) in [6.07, 6.45) is 2.10. The molecule has 0 spiro atoms. The topological polar surface area (TPSA) is 95.7 Å². The van der Waals surface area contributed by atoms with E-state index in [1.54, 1.807) is 13.0 Å². The first kappa shape index (κ1) is 13.5. The van der Waals surface area contributed by atoms with Crippen LogP contribution in [0.3, 0.4) is 0 Å². The van der Waals surface area contributed by atoms with E-state index in [1.165, 1.54) is 0 Å². The molecule has 1 aliphatic carbocycles. The molecule has 0 saturated heterocycles. The van der Waals surface area contributed by atoms with Gasteiger partial charge in [-0.2, -0.15) is 0 Å². The molecule has 1 saturated carbocycles. The third-order valence-corrected chi connectivity index (χ3v) is 2.92. The zero-order chi connectivity index (χ0) is 13.8. The number of nitrogens with one attached hydrogen (secondary N) is 1. The van der Waals surface area contributed by atoms with Crippen LogP contribution in [0.2, 0.25) is 0 Å². The van der Waals surface area contributed by atoms with Crippen molar-refractivity contribution in [1.29, 1.82) is 0 Å². The van der Waals surface area contributed by atoms with Crippen molar-refractivity contribution in [3.63, 3.8) is 0 Å². The first-order valence-electron chi connectivity index (χ1n) is 6.23. The lowest BCUT2D eigenvalue weighted by molar-refractivity contribution is -0.137. The van der Waals surface area contributed by atoms with Gasteiger partial charge in [0.05, 0.1) is 13.0 Å². The third-order valence-electron chi connectivity index (χ3n) is 2.92. The maximum absolute atomic E-state index is 11.8. The number of hydrogen-bond acceptors (Lipinski definition) is 5. The molecule has 104 valence electrons. The standard InChI is InChI=1S/C12H17N3O4/c1-8-6-10(14-19-8)13-11(16)7-15(9-2-3-9)5-4-12(17)18/h6,9H,2-5,7H2,1H3,(H,17,18)(H,13,14,16). The van der Waals surface area contributed by atoms with Crippen molar-refractivity contribution < 1.29 is 19.2 Å². The van der Waals surface area contributed by atoms with Crippen LogP contribution < -0.4 is 5.32 Å². The number of rotatable bonds is 7. The van der Waals surface area contributed by atoms with Gasteiger partial charge in [0.25, 0.3) is 0 Å². The molecule has 0 atom stereocenters. The number of aryl methyl sites for hydroxylation is 1. The van der Waals surface area contributed by atoms with Gasteiger partial charge < -0.3 is 14.9 Å². The summed E-state index contributed by atoms with van der Waals surface area (Å²) in [5, 5.41) is 15.0. The molecule has 2 N–H and O–H groups in total. The minimum Gasteiger partial charge on any atom is -0.481 e. The normalized spacial score (nSPS) is 14.6. The van der Waals surface area contributed by atoms with Gasteiger partial charge >= 0.3 is 5.97 Å². The average molecular weight is 267 g/mol. The molecule has 0 unspecified atom stereocenters. The number of anilines is 1. The van der Waals surface area contributed by atoms with Crippen molar-refractivity contribution >= 4 is 17.7 Å². The van der Waals surface area contributed by atoms with Crippen LogP contribution in [-0.4, -0.2) is 46.2 Å². The number of carboxylic acids is 1. The minimum absolute atomic E-state index is 0.0485. The first-order valence-corrected chi connectivity index (χ1v) is 6.23. The molecule has 1 heterocycles. The SMILES string of the molecule is Cc1cc(NC(=O)CN(CCC(=O)O)C2CC2)no1. The average Bonchev–Trinajstić information content (AvgIpc) is 3.09. The van der Waals surface area contributed by atoms with E-state index in [0.29, 0.717) is 24.2 Å². The lowest BCUT2D eigenvalue weighted by atomic mass is 10.3. The van der Waals surface area contributed by atoms with E-state index in [4.69, 9.17) is 9.63 Å². The van der Waals surface area contributed by atoms with Gasteiger partial charge in [-0.25, -0.2) is 0 Å². The maximum atomic E-state index is 11.8. The maximum Gasteiger partial charge on any atom is 0.304 e. The predicted octanol–water partition coefficient (Wildman–Crippen LogP) is 0.861. The molecule has 2 rings (SSSR count). The van der Waals surface area contributed by atoms with Crippen molar-refractivity contribution in [2.24, 2.45) is 0 Å². The Balaban J connectivity index is 1.82. The second-order valence-electron chi connectivity index (χ2n) is 4.72. The summed E-state index contributed by atoms with van der Waals surface area (Å²) in [7, 11) is 0. The number of nitrogens with zero attached hydrogens (tertiary/aromatic N) is 2. The highest BCUT2D eigenvalue weighted by molar-refractivity contribution is 5.91. The lowest BCUT2D eigenvalue weighted by Crippen LogP contribution is -2.36. The summed E-state index contributed by atoms with van der Waals surface area (Å²) in [5.41, 5.74) is 0. The van der Waals surface area contributed by atoms with Crippen LogP contribution in [0.1, 0.15) is 25.0 Å². The summed E-state index contributed by atoms with van der Waals surface area (Å²) in [6, 6.07) is 1.97. The lowest BCUT2D eigenvalue weighted by Gasteiger charge is -2.19. The zero-order valence-corrected chi connectivity index (χ0v) is 10.8. The Kier molecular flexibility index (Phi) is 4.16. The summed E-state index contributed by atoms with van der Waals surface area (Å²) >= 11 is 0. The fraction of sp³-hybridized carbons (Fsp3) is 0.583. The zero-order valence-electron chi connectivity index (χ0n) is 10.8. The van der Waals surface area contributed by atoms with Crippen molar-refractivity contribution in [1.82, 2.24) is 10.1 Å². The van der Waals surface area contributed by atoms with Gasteiger partial charge in [0.15, 0.2) is 5.82 Å². The number of aromatic nitrogens is 1. The smallest absolute Gasteiger partial charge is 0.304 e. The fourth-order valence-corrected chi connectivity index (χ4v) is 1.86. The van der Waals surface area contributed by atoms with Crippen molar-refractivity contribution in [3.05, 3.63) is 11.8 Å². The predicted molar refractivity (Wildman–Crippen MR) is 66.7 cm³/mol. The van der Waals surface area contributed by atoms with E-state index in [-0.39, 0.29) is 18.9 Å². The van der Waals surface area contributed by atoms with E-state index in [0.717, 1.165) is 12.8 Å². The molecule has 1 aromatic heterocycles. The van der Waals surface area contributed by atoms with Crippen molar-refractivity contribution in [2.75, 3.05) is 18.4 Å². The number of carbonyl (C=O) groups excluding carboxylic acids is 1. The van der Waals surface area contributed by atoms with Gasteiger partial charge in [-0.3, -0.25) is 14.5 Å². The number of hydrogen-bond donors (Lipinski definition) is 2. The van der Waals surface area contributed by atoms with E-state index in [9.17, 15) is 9.59 Å². The van der Waals surface area contributed by atoms with Crippen LogP contribution in [0.4, 0.5) is 5.82 Å². The van der Waals surface area contributed by atoms with Crippen LogP contribution in [0.25, 0.3) is 0 Å². The largest absolute Gasteiger partial charge is 0.481 e. The second kappa shape index (κ2) is 5.83. The molecule has 1 aromatic rings.